The van der Waals surface area contributed by atoms with E-state index in [9.17, 15) is 9.90 Å². The maximum atomic E-state index is 13.3. The zero-order chi connectivity index (χ0) is 25.4. The van der Waals surface area contributed by atoms with Gasteiger partial charge in [0.2, 0.25) is 5.95 Å². The molecule has 36 heavy (non-hydrogen) atoms. The topological polar surface area (TPSA) is 88.1 Å². The van der Waals surface area contributed by atoms with Crippen LogP contribution in [0.1, 0.15) is 15.9 Å². The predicted molar refractivity (Wildman–Crippen MR) is 144 cm³/mol. The summed E-state index contributed by atoms with van der Waals surface area (Å²) in [6, 6.07) is 11.0. The third-order valence-corrected chi connectivity index (χ3v) is 7.13. The van der Waals surface area contributed by atoms with E-state index in [4.69, 9.17) is 23.2 Å². The molecule has 2 aromatic carbocycles. The fourth-order valence-corrected chi connectivity index (χ4v) is 5.16. The van der Waals surface area contributed by atoms with Crippen molar-refractivity contribution in [2.24, 2.45) is 0 Å². The quantitative estimate of drug-likeness (QED) is 0.517. The number of carbonyl (C=O) groups excluding carboxylic acids is 1. The largest absolute Gasteiger partial charge is 0.392 e. The highest BCUT2D eigenvalue weighted by molar-refractivity contribution is 6.40. The molecule has 0 bridgehead atoms. The third-order valence-electron chi connectivity index (χ3n) is 6.52. The van der Waals surface area contributed by atoms with Crippen molar-refractivity contribution in [3.05, 3.63) is 63.8 Å². The summed E-state index contributed by atoms with van der Waals surface area (Å²) >= 11 is 12.7. The van der Waals surface area contributed by atoms with Gasteiger partial charge in [0.05, 0.1) is 29.0 Å². The van der Waals surface area contributed by atoms with E-state index in [-0.39, 0.29) is 19.2 Å². The Balaban J connectivity index is 1.38. The summed E-state index contributed by atoms with van der Waals surface area (Å²) in [5.74, 6) is 0.589. The predicted octanol–water partition coefficient (Wildman–Crippen LogP) is 3.83. The maximum Gasteiger partial charge on any atom is 0.265 e. The number of halogens is 2. The molecule has 188 valence electrons. The molecule has 3 heterocycles. The molecule has 1 aromatic heterocycles. The van der Waals surface area contributed by atoms with Gasteiger partial charge in [-0.05, 0) is 37.4 Å². The highest BCUT2D eigenvalue weighted by Gasteiger charge is 2.32. The van der Waals surface area contributed by atoms with Crippen LogP contribution in [0.3, 0.4) is 0 Å². The zero-order valence-electron chi connectivity index (χ0n) is 20.1. The van der Waals surface area contributed by atoms with Crippen LogP contribution in [0.5, 0.6) is 0 Å². The van der Waals surface area contributed by atoms with Crippen molar-refractivity contribution in [2.45, 2.75) is 6.61 Å². The lowest BCUT2D eigenvalue weighted by Crippen LogP contribution is -2.46. The van der Waals surface area contributed by atoms with Crippen LogP contribution in [0.25, 0.3) is 0 Å². The van der Waals surface area contributed by atoms with Crippen LogP contribution < -0.4 is 20.0 Å². The number of aliphatic hydroxyl groups excluding tert-OH is 1. The standard InChI is InChI=1S/C25H27Cl2N7O2/c1-31-8-10-33(11-9-31)21-7-6-17(12-16(21)14-35)29-25-28-13-18-23(30-25)32(2)15-34(24(18)36)22-19(26)4-3-5-20(22)27/h3-7,12-13,35H,8-11,14-15H2,1-2H3,(H,28,29,30). The highest BCUT2D eigenvalue weighted by atomic mass is 35.5. The van der Waals surface area contributed by atoms with Gasteiger partial charge in [-0.2, -0.15) is 4.98 Å². The highest BCUT2D eigenvalue weighted by Crippen LogP contribution is 2.37. The molecule has 1 amide bonds. The van der Waals surface area contributed by atoms with Gasteiger partial charge in [-0.3, -0.25) is 9.69 Å². The normalized spacial score (nSPS) is 16.4. The fourth-order valence-electron chi connectivity index (χ4n) is 4.56. The Bertz CT molecular complexity index is 1280. The molecule has 0 aliphatic carbocycles. The lowest BCUT2D eigenvalue weighted by Gasteiger charge is -2.35. The Morgan fingerprint density at radius 1 is 1.06 bits per heavy atom. The number of para-hydroxylation sites is 1. The first-order valence-electron chi connectivity index (χ1n) is 11.6. The SMILES string of the molecule is CN1CCN(c2ccc(Nc3ncc4c(n3)N(C)CN(c3c(Cl)cccc3Cl)C4=O)cc2CO)CC1. The minimum absolute atomic E-state index is 0.0695. The van der Waals surface area contributed by atoms with Crippen molar-refractivity contribution in [1.82, 2.24) is 14.9 Å². The average Bonchev–Trinajstić information content (AvgIpc) is 2.87. The smallest absolute Gasteiger partial charge is 0.265 e. The van der Waals surface area contributed by atoms with Gasteiger partial charge < -0.3 is 25.1 Å². The average molecular weight is 528 g/mol. The van der Waals surface area contributed by atoms with Gasteiger partial charge in [0.15, 0.2) is 0 Å². The van der Waals surface area contributed by atoms with E-state index in [0.717, 1.165) is 43.1 Å². The first-order chi connectivity index (χ1) is 17.4. The molecule has 0 spiro atoms. The molecular weight excluding hydrogens is 501 g/mol. The van der Waals surface area contributed by atoms with Gasteiger partial charge in [0, 0.05) is 56.4 Å². The number of amides is 1. The molecule has 1 saturated heterocycles. The first-order valence-corrected chi connectivity index (χ1v) is 12.4. The van der Waals surface area contributed by atoms with Crippen LogP contribution in [0, 0.1) is 0 Å². The number of nitrogens with zero attached hydrogens (tertiary/aromatic N) is 6. The van der Waals surface area contributed by atoms with Gasteiger partial charge in [-0.1, -0.05) is 29.3 Å². The third kappa shape index (κ3) is 4.67. The number of fused-ring (bicyclic) bond motifs is 1. The van der Waals surface area contributed by atoms with E-state index >= 15 is 0 Å². The number of likely N-dealkylation sites (N-methyl/N-ethyl adjacent to an activating group) is 1. The van der Waals surface area contributed by atoms with Crippen LogP contribution in [0.4, 0.5) is 28.8 Å². The van der Waals surface area contributed by atoms with Crippen molar-refractivity contribution >= 4 is 57.9 Å². The molecule has 5 rings (SSSR count). The monoisotopic (exact) mass is 527 g/mol. The number of aromatic nitrogens is 2. The summed E-state index contributed by atoms with van der Waals surface area (Å²) < 4.78 is 0. The molecule has 2 aliphatic rings. The molecule has 1 fully saturated rings. The van der Waals surface area contributed by atoms with E-state index < -0.39 is 0 Å². The van der Waals surface area contributed by atoms with Crippen LogP contribution in [-0.4, -0.2) is 72.8 Å². The summed E-state index contributed by atoms with van der Waals surface area (Å²) in [7, 11) is 3.96. The molecule has 2 N–H and O–H groups in total. The summed E-state index contributed by atoms with van der Waals surface area (Å²) in [4.78, 5) is 30.2. The van der Waals surface area contributed by atoms with Crippen molar-refractivity contribution in [2.75, 3.05) is 67.0 Å². The van der Waals surface area contributed by atoms with Gasteiger partial charge in [0.25, 0.3) is 5.91 Å². The number of anilines is 5. The Labute approximate surface area is 219 Å². The number of rotatable bonds is 5. The van der Waals surface area contributed by atoms with Gasteiger partial charge in [-0.25, -0.2) is 4.98 Å². The Morgan fingerprint density at radius 2 is 1.78 bits per heavy atom. The molecule has 3 aromatic rings. The van der Waals surface area contributed by atoms with E-state index in [0.29, 0.717) is 33.1 Å². The second-order valence-electron chi connectivity index (χ2n) is 8.99. The number of hydrogen-bond acceptors (Lipinski definition) is 8. The first kappa shape index (κ1) is 24.6. The van der Waals surface area contributed by atoms with Crippen molar-refractivity contribution in [3.63, 3.8) is 0 Å². The molecule has 11 heteroatoms. The van der Waals surface area contributed by atoms with Crippen molar-refractivity contribution < 1.29 is 9.90 Å². The number of nitrogens with one attached hydrogen (secondary N) is 1. The van der Waals surface area contributed by atoms with Crippen LogP contribution in [0.15, 0.2) is 42.6 Å². The van der Waals surface area contributed by atoms with E-state index in [2.05, 4.69) is 32.1 Å². The Hall–Kier alpha value is -3.11. The summed E-state index contributed by atoms with van der Waals surface area (Å²) in [6.45, 7) is 3.97. The molecule has 0 atom stereocenters. The molecule has 0 saturated carbocycles. The molecule has 2 aliphatic heterocycles. The van der Waals surface area contributed by atoms with Gasteiger partial charge in [0.1, 0.15) is 11.4 Å². The number of hydrogen-bond donors (Lipinski definition) is 2. The van der Waals surface area contributed by atoms with E-state index in [1.54, 1.807) is 18.2 Å². The summed E-state index contributed by atoms with van der Waals surface area (Å²) in [5, 5.41) is 14.0. The molecule has 9 nitrogen and oxygen atoms in total. The minimum atomic E-state index is -0.274. The lowest BCUT2D eigenvalue weighted by atomic mass is 10.1. The van der Waals surface area contributed by atoms with Crippen LogP contribution in [-0.2, 0) is 6.61 Å². The lowest BCUT2D eigenvalue weighted by molar-refractivity contribution is 0.0982. The second kappa shape index (κ2) is 10.1. The number of piperazine rings is 1. The van der Waals surface area contributed by atoms with E-state index in [1.807, 2.05) is 30.1 Å². The molecule has 0 radical (unpaired) electrons. The van der Waals surface area contributed by atoms with Crippen LogP contribution >= 0.6 is 23.2 Å². The molecule has 0 unspecified atom stereocenters. The van der Waals surface area contributed by atoms with Crippen LogP contribution in [0.2, 0.25) is 10.0 Å². The number of carbonyl (C=O) groups is 1. The van der Waals surface area contributed by atoms with E-state index in [1.165, 1.54) is 11.1 Å². The molecular formula is C25H27Cl2N7O2. The summed E-state index contributed by atoms with van der Waals surface area (Å²) in [6.07, 6.45) is 1.51. The number of benzene rings is 2. The number of aliphatic hydroxyl groups is 1. The van der Waals surface area contributed by atoms with Crippen molar-refractivity contribution in [1.29, 1.82) is 0 Å². The zero-order valence-corrected chi connectivity index (χ0v) is 21.6. The Morgan fingerprint density at radius 3 is 2.47 bits per heavy atom. The summed E-state index contributed by atoms with van der Waals surface area (Å²) in [5.41, 5.74) is 3.44. The second-order valence-corrected chi connectivity index (χ2v) is 9.81. The maximum absolute atomic E-state index is 13.3. The van der Waals surface area contributed by atoms with Gasteiger partial charge >= 0.3 is 0 Å². The Kier molecular flexibility index (Phi) is 6.90. The van der Waals surface area contributed by atoms with Gasteiger partial charge in [-0.15, -0.1) is 0 Å². The minimum Gasteiger partial charge on any atom is -0.392 e. The van der Waals surface area contributed by atoms with Crippen molar-refractivity contribution in [3.8, 4) is 0 Å². The fraction of sp³-hybridized carbons (Fsp3) is 0.320.